The smallest absolute Gasteiger partial charge is 0.307 e. The third-order valence-electron chi connectivity index (χ3n) is 3.04. The van der Waals surface area contributed by atoms with E-state index in [1.165, 1.54) is 13.2 Å². The number of carbonyl (C=O) groups is 2. The molecule has 1 aromatic carbocycles. The van der Waals surface area contributed by atoms with Crippen LogP contribution in [0.5, 0.6) is 0 Å². The molecule has 0 fully saturated rings. The number of benzene rings is 1. The lowest BCUT2D eigenvalue weighted by Crippen LogP contribution is -2.34. The highest BCUT2D eigenvalue weighted by atomic mass is 35.5. The average Bonchev–Trinajstić information content (AvgIpc) is 2.52. The number of rotatable bonds is 8. The lowest BCUT2D eigenvalue weighted by molar-refractivity contribution is -0.140. The van der Waals surface area contributed by atoms with Gasteiger partial charge >= 0.3 is 5.97 Å². The summed E-state index contributed by atoms with van der Waals surface area (Å²) in [7, 11) is 2.91. The van der Waals surface area contributed by atoms with Gasteiger partial charge in [0.05, 0.1) is 23.6 Å². The summed E-state index contributed by atoms with van der Waals surface area (Å²) < 4.78 is 9.60. The van der Waals surface area contributed by atoms with Crippen molar-refractivity contribution in [2.75, 3.05) is 33.9 Å². The minimum absolute atomic E-state index is 0.135. The van der Waals surface area contributed by atoms with Gasteiger partial charge in [0.2, 0.25) is 0 Å². The van der Waals surface area contributed by atoms with E-state index in [9.17, 15) is 9.59 Å². The molecule has 0 heterocycles. The summed E-state index contributed by atoms with van der Waals surface area (Å²) in [6, 6.07) is 4.70. The third kappa shape index (κ3) is 5.83. The highest BCUT2D eigenvalue weighted by Gasteiger charge is 2.17. The van der Waals surface area contributed by atoms with Crippen LogP contribution in [0.2, 0.25) is 10.0 Å². The van der Waals surface area contributed by atoms with E-state index in [0.717, 1.165) is 0 Å². The summed E-state index contributed by atoms with van der Waals surface area (Å²) in [6.45, 7) is 1.28. The quantitative estimate of drug-likeness (QED) is 0.535. The molecule has 5 nitrogen and oxygen atoms in total. The van der Waals surface area contributed by atoms with E-state index in [-0.39, 0.29) is 24.8 Å². The predicted molar refractivity (Wildman–Crippen MR) is 85.5 cm³/mol. The Morgan fingerprint density at radius 2 is 1.86 bits per heavy atom. The molecule has 0 saturated carbocycles. The van der Waals surface area contributed by atoms with Crippen LogP contribution >= 0.6 is 23.2 Å². The number of halogens is 2. The fourth-order valence-corrected chi connectivity index (χ4v) is 2.15. The maximum absolute atomic E-state index is 12.5. The molecule has 0 atom stereocenters. The summed E-state index contributed by atoms with van der Waals surface area (Å²) in [5, 5.41) is 0.705. The molecule has 0 radical (unpaired) electrons. The van der Waals surface area contributed by atoms with E-state index in [1.54, 1.807) is 24.1 Å². The number of methoxy groups -OCH3 is 2. The van der Waals surface area contributed by atoms with E-state index in [2.05, 4.69) is 4.74 Å². The molecule has 1 amide bonds. The predicted octanol–water partition coefficient (Wildman–Crippen LogP) is 3.04. The molecule has 0 spiro atoms. The van der Waals surface area contributed by atoms with Crippen LogP contribution in [-0.2, 0) is 14.3 Å². The molecule has 0 N–H and O–H groups in total. The van der Waals surface area contributed by atoms with Crippen LogP contribution in [0.1, 0.15) is 23.2 Å². The number of nitrogens with zero attached hydrogens (tertiary/aromatic N) is 1. The first-order valence-corrected chi connectivity index (χ1v) is 7.55. The van der Waals surface area contributed by atoms with Crippen LogP contribution in [-0.4, -0.2) is 50.7 Å². The Hall–Kier alpha value is -1.30. The van der Waals surface area contributed by atoms with Gasteiger partial charge in [-0.15, -0.1) is 0 Å². The van der Waals surface area contributed by atoms with Crippen molar-refractivity contribution in [3.05, 3.63) is 33.8 Å². The van der Waals surface area contributed by atoms with Crippen molar-refractivity contribution in [2.24, 2.45) is 0 Å². The minimum Gasteiger partial charge on any atom is -0.469 e. The van der Waals surface area contributed by atoms with Crippen LogP contribution in [0.15, 0.2) is 18.2 Å². The number of esters is 1. The van der Waals surface area contributed by atoms with Crippen molar-refractivity contribution in [3.8, 4) is 0 Å². The van der Waals surface area contributed by atoms with E-state index in [0.29, 0.717) is 35.2 Å². The van der Waals surface area contributed by atoms with Gasteiger partial charge in [-0.25, -0.2) is 0 Å². The molecule has 7 heteroatoms. The van der Waals surface area contributed by atoms with E-state index >= 15 is 0 Å². The van der Waals surface area contributed by atoms with E-state index in [1.807, 2.05) is 0 Å². The van der Waals surface area contributed by atoms with Gasteiger partial charge < -0.3 is 14.4 Å². The lowest BCUT2D eigenvalue weighted by Gasteiger charge is -2.22. The standard InChI is InChI=1S/C15H19Cl2NO4/c1-21-9-3-7-18(8-6-14(19)22-2)15(20)11-4-5-12(16)13(17)10-11/h4-5,10H,3,6-9H2,1-2H3. The molecular formula is C15H19Cl2NO4. The van der Waals surface area contributed by atoms with Crippen molar-refractivity contribution >= 4 is 35.1 Å². The van der Waals surface area contributed by atoms with Gasteiger partial charge in [-0.05, 0) is 24.6 Å². The third-order valence-corrected chi connectivity index (χ3v) is 3.78. The largest absolute Gasteiger partial charge is 0.469 e. The molecule has 0 saturated heterocycles. The van der Waals surface area contributed by atoms with Crippen LogP contribution < -0.4 is 0 Å². The topological polar surface area (TPSA) is 55.8 Å². The number of hydrogen-bond donors (Lipinski definition) is 0. The van der Waals surface area contributed by atoms with Gasteiger partial charge in [0.1, 0.15) is 0 Å². The zero-order chi connectivity index (χ0) is 16.5. The number of ether oxygens (including phenoxy) is 2. The van der Waals surface area contributed by atoms with Crippen LogP contribution in [0.4, 0.5) is 0 Å². The zero-order valence-corrected chi connectivity index (χ0v) is 14.1. The summed E-state index contributed by atoms with van der Waals surface area (Å²) in [5.74, 6) is -0.572. The molecule has 0 aromatic heterocycles. The first-order valence-electron chi connectivity index (χ1n) is 6.79. The maximum atomic E-state index is 12.5. The zero-order valence-electron chi connectivity index (χ0n) is 12.6. The van der Waals surface area contributed by atoms with Gasteiger partial charge in [0.15, 0.2) is 0 Å². The monoisotopic (exact) mass is 347 g/mol. The second-order valence-corrected chi connectivity index (χ2v) is 5.41. The minimum atomic E-state index is -0.362. The van der Waals surface area contributed by atoms with Crippen molar-refractivity contribution in [1.82, 2.24) is 4.90 Å². The highest BCUT2D eigenvalue weighted by Crippen LogP contribution is 2.23. The summed E-state index contributed by atoms with van der Waals surface area (Å²) in [4.78, 5) is 25.4. The number of amides is 1. The highest BCUT2D eigenvalue weighted by molar-refractivity contribution is 6.42. The molecule has 0 unspecified atom stereocenters. The van der Waals surface area contributed by atoms with E-state index in [4.69, 9.17) is 27.9 Å². The molecule has 0 aliphatic rings. The van der Waals surface area contributed by atoms with Gasteiger partial charge in [-0.3, -0.25) is 9.59 Å². The fraction of sp³-hybridized carbons (Fsp3) is 0.467. The molecule has 0 aliphatic carbocycles. The second kappa shape index (κ2) is 9.66. The Kier molecular flexibility index (Phi) is 8.24. The number of hydrogen-bond acceptors (Lipinski definition) is 4. The molecule has 0 bridgehead atoms. The van der Waals surface area contributed by atoms with Crippen LogP contribution in [0, 0.1) is 0 Å². The van der Waals surface area contributed by atoms with E-state index < -0.39 is 0 Å². The Balaban J connectivity index is 2.80. The van der Waals surface area contributed by atoms with Gasteiger partial charge in [-0.2, -0.15) is 0 Å². The van der Waals surface area contributed by atoms with Crippen LogP contribution in [0.25, 0.3) is 0 Å². The normalized spacial score (nSPS) is 10.4. The molecule has 1 rings (SSSR count). The number of carbonyl (C=O) groups excluding carboxylic acids is 2. The summed E-state index contributed by atoms with van der Waals surface area (Å²) in [5.41, 5.74) is 0.427. The molecular weight excluding hydrogens is 329 g/mol. The Bertz CT molecular complexity index is 522. The SMILES string of the molecule is COCCCN(CCC(=O)OC)C(=O)c1ccc(Cl)c(Cl)c1. The van der Waals surface area contributed by atoms with Crippen LogP contribution in [0.3, 0.4) is 0 Å². The van der Waals surface area contributed by atoms with Gasteiger partial charge in [-0.1, -0.05) is 23.2 Å². The van der Waals surface area contributed by atoms with Crippen molar-refractivity contribution < 1.29 is 19.1 Å². The lowest BCUT2D eigenvalue weighted by atomic mass is 10.2. The Morgan fingerprint density at radius 3 is 2.45 bits per heavy atom. The summed E-state index contributed by atoms with van der Waals surface area (Å²) >= 11 is 11.8. The van der Waals surface area contributed by atoms with Gasteiger partial charge in [0.25, 0.3) is 5.91 Å². The first-order chi connectivity index (χ1) is 10.5. The first kappa shape index (κ1) is 18.7. The Morgan fingerprint density at radius 1 is 1.14 bits per heavy atom. The second-order valence-electron chi connectivity index (χ2n) is 4.59. The maximum Gasteiger partial charge on any atom is 0.307 e. The molecule has 122 valence electrons. The average molecular weight is 348 g/mol. The molecule has 22 heavy (non-hydrogen) atoms. The summed E-state index contributed by atoms with van der Waals surface area (Å²) in [6.07, 6.45) is 0.807. The van der Waals surface area contributed by atoms with Crippen molar-refractivity contribution in [2.45, 2.75) is 12.8 Å². The molecule has 0 aliphatic heterocycles. The van der Waals surface area contributed by atoms with Crippen molar-refractivity contribution in [3.63, 3.8) is 0 Å². The van der Waals surface area contributed by atoms with Gasteiger partial charge in [0, 0.05) is 32.4 Å². The Labute approximate surface area is 140 Å². The molecule has 1 aromatic rings. The fourth-order valence-electron chi connectivity index (χ4n) is 1.85. The van der Waals surface area contributed by atoms with Crippen molar-refractivity contribution in [1.29, 1.82) is 0 Å².